The van der Waals surface area contributed by atoms with Crippen molar-refractivity contribution in [3.8, 4) is 0 Å². The van der Waals surface area contributed by atoms with Crippen molar-refractivity contribution in [2.24, 2.45) is 11.3 Å². The Morgan fingerprint density at radius 1 is 1.20 bits per heavy atom. The Hall–Kier alpha value is -0.300. The summed E-state index contributed by atoms with van der Waals surface area (Å²) in [6, 6.07) is 0. The lowest BCUT2D eigenvalue weighted by molar-refractivity contribution is 0.225. The van der Waals surface area contributed by atoms with Gasteiger partial charge in [-0.2, -0.15) is 0 Å². The fourth-order valence-corrected chi connectivity index (χ4v) is 1.74. The Morgan fingerprint density at radius 2 is 1.80 bits per heavy atom. The van der Waals surface area contributed by atoms with E-state index in [0.29, 0.717) is 11.3 Å². The minimum Gasteiger partial charge on any atom is -0.306 e. The predicted molar refractivity (Wildman–Crippen MR) is 70.2 cm³/mol. The van der Waals surface area contributed by atoms with E-state index in [-0.39, 0.29) is 0 Å². The Bertz CT molecular complexity index is 174. The van der Waals surface area contributed by atoms with Gasteiger partial charge >= 0.3 is 0 Å². The number of hydrogen-bond acceptors (Lipinski definition) is 1. The van der Waals surface area contributed by atoms with E-state index in [0.717, 1.165) is 0 Å². The first-order valence-corrected chi connectivity index (χ1v) is 6.16. The van der Waals surface area contributed by atoms with Crippen LogP contribution in [0.1, 0.15) is 47.5 Å². The number of nitrogens with zero attached hydrogens (tertiary/aromatic N) is 1. The van der Waals surface area contributed by atoms with Crippen molar-refractivity contribution in [2.45, 2.75) is 47.5 Å². The first kappa shape index (κ1) is 14.7. The number of allylic oxidation sites excluding steroid dienone is 2. The molecule has 0 N–H and O–H groups in total. The zero-order valence-electron chi connectivity index (χ0n) is 11.5. The molecule has 1 nitrogen and oxygen atoms in total. The molecule has 0 spiro atoms. The third-order valence-corrected chi connectivity index (χ3v) is 2.18. The van der Waals surface area contributed by atoms with Crippen LogP contribution in [-0.2, 0) is 0 Å². The molecule has 90 valence electrons. The fourth-order valence-electron chi connectivity index (χ4n) is 1.74. The SMILES string of the molecule is CC(C)C=CCCCN(C)CC(C)(C)C. The maximum absolute atomic E-state index is 2.43. The maximum Gasteiger partial charge on any atom is 0.00270 e. The van der Waals surface area contributed by atoms with Gasteiger partial charge in [-0.1, -0.05) is 46.8 Å². The molecule has 0 fully saturated rings. The maximum atomic E-state index is 2.43. The van der Waals surface area contributed by atoms with E-state index in [2.05, 4.69) is 58.7 Å². The van der Waals surface area contributed by atoms with Crippen molar-refractivity contribution in [1.29, 1.82) is 0 Å². The average molecular weight is 211 g/mol. The van der Waals surface area contributed by atoms with Crippen LogP contribution < -0.4 is 0 Å². The minimum absolute atomic E-state index is 0.419. The van der Waals surface area contributed by atoms with Gasteiger partial charge in [0.15, 0.2) is 0 Å². The Morgan fingerprint density at radius 3 is 2.27 bits per heavy atom. The van der Waals surface area contributed by atoms with Crippen LogP contribution in [-0.4, -0.2) is 25.0 Å². The highest BCUT2D eigenvalue weighted by Gasteiger charge is 2.12. The smallest absolute Gasteiger partial charge is 0.00270 e. The lowest BCUT2D eigenvalue weighted by Gasteiger charge is -2.26. The molecule has 0 rings (SSSR count). The number of unbranched alkanes of at least 4 members (excludes halogenated alkanes) is 1. The Kier molecular flexibility index (Phi) is 6.91. The van der Waals surface area contributed by atoms with E-state index in [1.165, 1.54) is 25.9 Å². The van der Waals surface area contributed by atoms with Crippen LogP contribution >= 0.6 is 0 Å². The standard InChI is InChI=1S/C14H29N/c1-13(2)10-8-7-9-11-15(6)12-14(3,4)5/h8,10,13H,7,9,11-12H2,1-6H3. The van der Waals surface area contributed by atoms with Gasteiger partial charge in [0.25, 0.3) is 0 Å². The van der Waals surface area contributed by atoms with Gasteiger partial charge in [-0.15, -0.1) is 0 Å². The van der Waals surface area contributed by atoms with Gasteiger partial charge in [-0.3, -0.25) is 0 Å². The molecular formula is C14H29N. The van der Waals surface area contributed by atoms with E-state index in [1.54, 1.807) is 0 Å². The second-order valence-electron chi connectivity index (χ2n) is 6.11. The molecule has 0 aliphatic rings. The average Bonchev–Trinajstić information content (AvgIpc) is 1.99. The van der Waals surface area contributed by atoms with Crippen molar-refractivity contribution in [3.05, 3.63) is 12.2 Å². The first-order valence-electron chi connectivity index (χ1n) is 6.16. The first-order chi connectivity index (χ1) is 6.81. The highest BCUT2D eigenvalue weighted by Crippen LogP contribution is 2.14. The Labute approximate surface area is 96.6 Å². The lowest BCUT2D eigenvalue weighted by atomic mass is 9.96. The minimum atomic E-state index is 0.419. The zero-order valence-corrected chi connectivity index (χ0v) is 11.5. The van der Waals surface area contributed by atoms with Crippen molar-refractivity contribution in [1.82, 2.24) is 4.90 Å². The van der Waals surface area contributed by atoms with Crippen molar-refractivity contribution >= 4 is 0 Å². The van der Waals surface area contributed by atoms with Crippen LogP contribution in [0.4, 0.5) is 0 Å². The molecule has 0 heterocycles. The van der Waals surface area contributed by atoms with Crippen LogP contribution in [0.15, 0.2) is 12.2 Å². The molecule has 0 aromatic heterocycles. The summed E-state index contributed by atoms with van der Waals surface area (Å²) in [5, 5.41) is 0. The fraction of sp³-hybridized carbons (Fsp3) is 0.857. The van der Waals surface area contributed by atoms with Crippen LogP contribution in [0.3, 0.4) is 0 Å². The molecule has 0 bridgehead atoms. The van der Waals surface area contributed by atoms with E-state index in [1.807, 2.05) is 0 Å². The molecule has 0 aliphatic carbocycles. The van der Waals surface area contributed by atoms with Crippen LogP contribution in [0.2, 0.25) is 0 Å². The van der Waals surface area contributed by atoms with Gasteiger partial charge < -0.3 is 4.90 Å². The molecule has 0 aromatic rings. The summed E-state index contributed by atoms with van der Waals surface area (Å²) in [7, 11) is 2.22. The van der Waals surface area contributed by atoms with Crippen molar-refractivity contribution in [2.75, 3.05) is 20.1 Å². The van der Waals surface area contributed by atoms with Gasteiger partial charge in [0.2, 0.25) is 0 Å². The molecule has 0 saturated carbocycles. The van der Waals surface area contributed by atoms with Crippen LogP contribution in [0.25, 0.3) is 0 Å². The van der Waals surface area contributed by atoms with Crippen LogP contribution in [0.5, 0.6) is 0 Å². The van der Waals surface area contributed by atoms with E-state index >= 15 is 0 Å². The third kappa shape index (κ3) is 11.6. The summed E-state index contributed by atoms with van der Waals surface area (Å²) in [4.78, 5) is 2.43. The third-order valence-electron chi connectivity index (χ3n) is 2.18. The summed E-state index contributed by atoms with van der Waals surface area (Å²) >= 11 is 0. The monoisotopic (exact) mass is 211 g/mol. The van der Waals surface area contributed by atoms with E-state index in [9.17, 15) is 0 Å². The Balaban J connectivity index is 3.51. The molecular weight excluding hydrogens is 182 g/mol. The second-order valence-corrected chi connectivity index (χ2v) is 6.11. The second kappa shape index (κ2) is 7.05. The molecule has 0 saturated heterocycles. The van der Waals surface area contributed by atoms with Gasteiger partial charge in [-0.05, 0) is 37.8 Å². The normalized spacial score (nSPS) is 13.3. The molecule has 15 heavy (non-hydrogen) atoms. The molecule has 0 aromatic carbocycles. The zero-order chi connectivity index (χ0) is 11.9. The largest absolute Gasteiger partial charge is 0.306 e. The van der Waals surface area contributed by atoms with Gasteiger partial charge in [0.05, 0.1) is 0 Å². The molecule has 0 radical (unpaired) electrons. The van der Waals surface area contributed by atoms with E-state index < -0.39 is 0 Å². The van der Waals surface area contributed by atoms with Gasteiger partial charge in [-0.25, -0.2) is 0 Å². The quantitative estimate of drug-likeness (QED) is 0.475. The van der Waals surface area contributed by atoms with E-state index in [4.69, 9.17) is 0 Å². The van der Waals surface area contributed by atoms with Gasteiger partial charge in [0, 0.05) is 6.54 Å². The highest BCUT2D eigenvalue weighted by atomic mass is 15.1. The molecule has 1 heteroatoms. The summed E-state index contributed by atoms with van der Waals surface area (Å²) < 4.78 is 0. The predicted octanol–water partition coefficient (Wildman–Crippen LogP) is 3.96. The topological polar surface area (TPSA) is 3.24 Å². The molecule has 0 atom stereocenters. The van der Waals surface area contributed by atoms with Gasteiger partial charge in [0.1, 0.15) is 0 Å². The summed E-state index contributed by atoms with van der Waals surface area (Å²) in [5.74, 6) is 0.692. The van der Waals surface area contributed by atoms with Crippen LogP contribution in [0, 0.1) is 11.3 Å². The number of hydrogen-bond donors (Lipinski definition) is 0. The number of rotatable bonds is 6. The summed E-state index contributed by atoms with van der Waals surface area (Å²) in [6.45, 7) is 13.7. The molecule has 0 amide bonds. The highest BCUT2D eigenvalue weighted by molar-refractivity contribution is 4.84. The molecule has 0 aliphatic heterocycles. The van der Waals surface area contributed by atoms with Crippen molar-refractivity contribution < 1.29 is 0 Å². The lowest BCUT2D eigenvalue weighted by Crippen LogP contribution is -2.29. The summed E-state index contributed by atoms with van der Waals surface area (Å²) in [5.41, 5.74) is 0.419. The van der Waals surface area contributed by atoms with Crippen molar-refractivity contribution in [3.63, 3.8) is 0 Å². The summed E-state index contributed by atoms with van der Waals surface area (Å²) in [6.07, 6.45) is 7.10. The molecule has 0 unspecified atom stereocenters.